The van der Waals surface area contributed by atoms with Crippen LogP contribution < -0.4 is 16.0 Å². The molecule has 5 amide bonds. The Bertz CT molecular complexity index is 2650. The first kappa shape index (κ1) is 102. The maximum Gasteiger partial charge on any atom is 0.302 e. The number of ketones is 2. The zero-order valence-electron chi connectivity index (χ0n) is 73.2. The van der Waals surface area contributed by atoms with Gasteiger partial charge < -0.3 is 73.5 Å². The van der Waals surface area contributed by atoms with E-state index in [9.17, 15) is 53.1 Å². The Hall–Kier alpha value is -5.26. The molecule has 0 aromatic rings. The number of ether oxygens (including phenoxy) is 9. The van der Waals surface area contributed by atoms with Crippen LogP contribution in [0.25, 0.3) is 0 Å². The van der Waals surface area contributed by atoms with Crippen molar-refractivity contribution < 1.29 is 95.7 Å². The van der Waals surface area contributed by atoms with Gasteiger partial charge >= 0.3 is 17.9 Å². The molecule has 4 aliphatic heterocycles. The van der Waals surface area contributed by atoms with E-state index in [1.807, 2.05) is 30.6 Å². The van der Waals surface area contributed by atoms with Crippen LogP contribution in [0, 0.1) is 35.5 Å². The van der Waals surface area contributed by atoms with Crippen molar-refractivity contribution in [2.45, 2.75) is 357 Å². The highest BCUT2D eigenvalue weighted by Crippen LogP contribution is 2.35. The number of hydrogen-bond acceptors (Lipinski definition) is 22. The fourth-order valence-corrected chi connectivity index (χ4v) is 16.2. The van der Waals surface area contributed by atoms with Crippen LogP contribution in [0.4, 0.5) is 0 Å². The fraction of sp³-hybridized carbons (Fsp3) is 0.886. The second-order valence-corrected chi connectivity index (χ2v) is 33.7. The Kier molecular flexibility index (Phi) is 53.5. The smallest absolute Gasteiger partial charge is 0.302 e. The van der Waals surface area contributed by atoms with Crippen molar-refractivity contribution in [1.29, 1.82) is 0 Å². The van der Waals surface area contributed by atoms with Crippen LogP contribution in [0.5, 0.6) is 0 Å². The molecule has 0 bridgehead atoms. The van der Waals surface area contributed by atoms with Crippen molar-refractivity contribution in [2.24, 2.45) is 35.5 Å². The second-order valence-electron chi connectivity index (χ2n) is 33.7. The molecule has 4 aliphatic rings. The molecule has 4 heterocycles. The summed E-state index contributed by atoms with van der Waals surface area (Å²) in [7, 11) is 0. The van der Waals surface area contributed by atoms with Gasteiger partial charge in [-0.2, -0.15) is 0 Å². The van der Waals surface area contributed by atoms with Crippen molar-refractivity contribution in [3.63, 3.8) is 0 Å². The van der Waals surface area contributed by atoms with Crippen LogP contribution in [-0.2, 0) is 90.6 Å². The maximum atomic E-state index is 14.4. The molecule has 15 atom stereocenters. The Morgan fingerprint density at radius 1 is 0.313 bits per heavy atom. The predicted molar refractivity (Wildman–Crippen MR) is 442 cm³/mol. The number of carbonyl (C=O) groups is 10. The molecule has 115 heavy (non-hydrogen) atoms. The van der Waals surface area contributed by atoms with Gasteiger partial charge in [0.05, 0.1) is 49.5 Å². The topological polar surface area (TPSA) is 323 Å². The first-order chi connectivity index (χ1) is 55.2. The van der Waals surface area contributed by atoms with Gasteiger partial charge in [0.25, 0.3) is 0 Å². The number of unbranched alkanes of at least 4 members (excludes halogenated alkanes) is 26. The predicted octanol–water partition coefficient (Wildman–Crippen LogP) is 11.9. The van der Waals surface area contributed by atoms with E-state index >= 15 is 0 Å². The summed E-state index contributed by atoms with van der Waals surface area (Å²) in [5.41, 5.74) is 0. The lowest BCUT2D eigenvalue weighted by molar-refractivity contribution is -0.244. The Balaban J connectivity index is 1.27. The van der Waals surface area contributed by atoms with Crippen molar-refractivity contribution in [3.05, 3.63) is 0 Å². The number of carbonyl (C=O) groups excluding carboxylic acids is 10. The average molecular weight is 1630 g/mol. The van der Waals surface area contributed by atoms with Gasteiger partial charge in [-0.1, -0.05) is 183 Å². The van der Waals surface area contributed by atoms with E-state index in [1.54, 1.807) is 0 Å². The van der Waals surface area contributed by atoms with E-state index in [-0.39, 0.29) is 170 Å². The van der Waals surface area contributed by atoms with Crippen LogP contribution in [0.3, 0.4) is 0 Å². The highest BCUT2D eigenvalue weighted by molar-refractivity contribution is 5.81. The molecule has 27 nitrogen and oxygen atoms in total. The van der Waals surface area contributed by atoms with Gasteiger partial charge in [-0.15, -0.1) is 0 Å². The molecule has 4 fully saturated rings. The third-order valence-corrected chi connectivity index (χ3v) is 24.1. The lowest BCUT2D eigenvalue weighted by Crippen LogP contribution is -2.58. The molecule has 4 rings (SSSR count). The number of rotatable bonds is 57. The Labute approximate surface area is 691 Å². The van der Waals surface area contributed by atoms with Gasteiger partial charge in [-0.25, -0.2) is 0 Å². The Morgan fingerprint density at radius 3 is 0.791 bits per heavy atom. The summed E-state index contributed by atoms with van der Waals surface area (Å²) in [5.74, 6) is -0.846. The molecule has 4 N–H and O–H groups in total. The van der Waals surface area contributed by atoms with Crippen LogP contribution >= 0.6 is 0 Å². The van der Waals surface area contributed by atoms with E-state index in [4.69, 9.17) is 42.6 Å². The number of esters is 3. The summed E-state index contributed by atoms with van der Waals surface area (Å²) in [4.78, 5) is 135. The minimum Gasteiger partial charge on any atom is -0.463 e. The quantitative estimate of drug-likeness (QED) is 0.0250. The lowest BCUT2D eigenvalue weighted by Gasteiger charge is -2.44. The molecule has 0 aromatic heterocycles. The SMILES string of the molecule is CC(=O)NC1C(OCCCCCCCCCCCC(=O)CN2CCN(C(=O)CCCCCO)CCN(CC(=O)CCCCCCCCCCCOC3OC(COC(C)=O)C(C)C(C)C3NC(C)=O)CCN(C(=O)CCCCCCCCCCCOC3OC(COC(C)=O)C(C)C(C)C3NC(C)=O)CC2)OC(COC(C)=O)C(C)C1C. The first-order valence-corrected chi connectivity index (χ1v) is 44.9. The average Bonchev–Trinajstić information content (AvgIpc) is 0.818. The zero-order chi connectivity index (χ0) is 84.3. The monoisotopic (exact) mass is 1630 g/mol. The molecule has 15 unspecified atom stereocenters. The number of Topliss-reactive ketones (excluding diaryl/α,β-unsaturated/α-hetero) is 2. The first-order valence-electron chi connectivity index (χ1n) is 44.9. The minimum absolute atomic E-state index is 0.0261. The summed E-state index contributed by atoms with van der Waals surface area (Å²) in [6.07, 6.45) is 27.8. The Morgan fingerprint density at radius 2 is 0.548 bits per heavy atom. The van der Waals surface area contributed by atoms with Gasteiger partial charge in [0.15, 0.2) is 18.9 Å². The zero-order valence-corrected chi connectivity index (χ0v) is 73.2. The molecule has 0 saturated carbocycles. The summed E-state index contributed by atoms with van der Waals surface area (Å²) in [6.45, 7) is 26.9. The number of aliphatic hydroxyl groups excluding tert-OH is 1. The molecule has 0 spiro atoms. The van der Waals surface area contributed by atoms with Crippen molar-refractivity contribution >= 4 is 59.0 Å². The van der Waals surface area contributed by atoms with E-state index in [0.29, 0.717) is 111 Å². The second kappa shape index (κ2) is 60.3. The highest BCUT2D eigenvalue weighted by Gasteiger charge is 2.46. The summed E-state index contributed by atoms with van der Waals surface area (Å²) in [6, 6.07) is -0.926. The molecule has 0 aromatic carbocycles. The van der Waals surface area contributed by atoms with E-state index in [1.165, 1.54) is 41.5 Å². The minimum atomic E-state index is -0.637. The molecule has 27 heteroatoms. The standard InChI is InChI=1S/C88H157N7O20/c1-64-67(4)83(89-70(7)97)86(113-78(64)61-110-73(10)100)107-56-40-31-25-19-13-16-22-28-35-43-76(103)59-92-47-51-94(81(105)45-37-30-24-18-15-21-27-33-42-58-109-88-85(91-72(9)99)69(6)66(3)80(115-88)63-112-75(12)102)52-48-93(50-54-95(53-49-92)82(106)46-38-34-39-55-96)60-77(104)44-36-29-23-17-14-20-26-32-41-57-108-87-84(90-71(8)98)68(5)65(2)79(114-87)62-111-74(11)101/h64-69,78-80,83-88,96H,13-63H2,1-12H3,(H,89,97)(H,90,98)(H,91,99). The molecular weight excluding hydrogens is 1470 g/mol. The van der Waals surface area contributed by atoms with Gasteiger partial charge in [0.1, 0.15) is 31.4 Å². The van der Waals surface area contributed by atoms with E-state index in [0.717, 1.165) is 180 Å². The number of hydrogen-bond donors (Lipinski definition) is 4. The maximum absolute atomic E-state index is 14.4. The largest absolute Gasteiger partial charge is 0.463 e. The number of nitrogens with one attached hydrogen (secondary N) is 3. The lowest BCUT2D eigenvalue weighted by atomic mass is 9.82. The molecular formula is C88H157N7O20. The third-order valence-electron chi connectivity index (χ3n) is 24.1. The number of aliphatic hydroxyl groups is 1. The van der Waals surface area contributed by atoms with Crippen molar-refractivity contribution in [1.82, 2.24) is 35.6 Å². The van der Waals surface area contributed by atoms with Crippen molar-refractivity contribution in [2.75, 3.05) is 112 Å². The molecule has 0 aliphatic carbocycles. The van der Waals surface area contributed by atoms with Crippen LogP contribution in [0.2, 0.25) is 0 Å². The highest BCUT2D eigenvalue weighted by atomic mass is 16.7. The molecule has 664 valence electrons. The number of amides is 5. The van der Waals surface area contributed by atoms with Crippen LogP contribution in [0.15, 0.2) is 0 Å². The summed E-state index contributed by atoms with van der Waals surface area (Å²) in [5, 5.41) is 18.6. The number of nitrogens with zero attached hydrogens (tertiary/aromatic N) is 4. The molecule has 0 radical (unpaired) electrons. The molecule has 4 saturated heterocycles. The van der Waals surface area contributed by atoms with Crippen LogP contribution in [0.1, 0.15) is 301 Å². The third kappa shape index (κ3) is 43.5. The van der Waals surface area contributed by atoms with E-state index < -0.39 is 18.9 Å². The van der Waals surface area contributed by atoms with Gasteiger partial charge in [0.2, 0.25) is 29.5 Å². The van der Waals surface area contributed by atoms with Gasteiger partial charge in [-0.3, -0.25) is 57.7 Å². The summed E-state index contributed by atoms with van der Waals surface area (Å²) < 4.78 is 53.3. The van der Waals surface area contributed by atoms with E-state index in [2.05, 4.69) is 46.5 Å². The summed E-state index contributed by atoms with van der Waals surface area (Å²) >= 11 is 0. The fourth-order valence-electron chi connectivity index (χ4n) is 16.2. The van der Waals surface area contributed by atoms with Crippen molar-refractivity contribution in [3.8, 4) is 0 Å². The van der Waals surface area contributed by atoms with Crippen LogP contribution in [-0.4, -0.2) is 251 Å². The normalized spacial score (nSPS) is 25.2. The van der Waals surface area contributed by atoms with Gasteiger partial charge in [0, 0.05) is 146 Å². The van der Waals surface area contributed by atoms with Gasteiger partial charge in [-0.05, 0) is 86.9 Å².